The maximum absolute atomic E-state index is 12.5. The highest BCUT2D eigenvalue weighted by Gasteiger charge is 2.24. The summed E-state index contributed by atoms with van der Waals surface area (Å²) >= 11 is 0. The number of hydrogen-bond donors (Lipinski definition) is 1. The third-order valence-electron chi connectivity index (χ3n) is 4.41. The third-order valence-corrected chi connectivity index (χ3v) is 5.59. The summed E-state index contributed by atoms with van der Waals surface area (Å²) in [5.41, 5.74) is 3.03. The van der Waals surface area contributed by atoms with E-state index in [0.29, 0.717) is 24.3 Å². The van der Waals surface area contributed by atoms with Crippen molar-refractivity contribution in [1.82, 2.24) is 5.32 Å². The van der Waals surface area contributed by atoms with Crippen molar-refractivity contribution in [3.05, 3.63) is 59.2 Å². The van der Waals surface area contributed by atoms with Crippen molar-refractivity contribution in [1.29, 1.82) is 0 Å². The molecule has 1 amide bonds. The van der Waals surface area contributed by atoms with Crippen molar-refractivity contribution in [2.24, 2.45) is 0 Å². The molecular weight excluding hydrogens is 352 g/mol. The Labute approximate surface area is 153 Å². The van der Waals surface area contributed by atoms with Gasteiger partial charge in [-0.05, 0) is 54.3 Å². The molecule has 0 radical (unpaired) electrons. The average Bonchev–Trinajstić information content (AvgIpc) is 2.64. The molecule has 1 heterocycles. The summed E-state index contributed by atoms with van der Waals surface area (Å²) < 4.78 is 30.4. The van der Waals surface area contributed by atoms with E-state index in [-0.39, 0.29) is 5.91 Å². The first-order chi connectivity index (χ1) is 12.4. The summed E-state index contributed by atoms with van der Waals surface area (Å²) in [7, 11) is -1.70. The zero-order chi connectivity index (χ0) is 18.7. The fraction of sp³-hybridized carbons (Fsp3) is 0.316. The summed E-state index contributed by atoms with van der Waals surface area (Å²) in [6.07, 6.45) is 2.71. The first-order valence-electron chi connectivity index (χ1n) is 8.40. The molecule has 1 aliphatic rings. The van der Waals surface area contributed by atoms with E-state index in [1.807, 2.05) is 24.3 Å². The number of sulfonamides is 1. The van der Waals surface area contributed by atoms with Gasteiger partial charge < -0.3 is 10.1 Å². The van der Waals surface area contributed by atoms with E-state index in [9.17, 15) is 13.2 Å². The average molecular weight is 374 g/mol. The molecule has 0 unspecified atom stereocenters. The van der Waals surface area contributed by atoms with Crippen LogP contribution in [-0.4, -0.2) is 34.2 Å². The van der Waals surface area contributed by atoms with Gasteiger partial charge in [-0.3, -0.25) is 9.10 Å². The van der Waals surface area contributed by atoms with Gasteiger partial charge in [-0.1, -0.05) is 12.1 Å². The van der Waals surface area contributed by atoms with Crippen LogP contribution in [-0.2, 0) is 23.0 Å². The van der Waals surface area contributed by atoms with E-state index in [1.54, 1.807) is 25.3 Å². The lowest BCUT2D eigenvalue weighted by molar-refractivity contribution is 0.0950. The number of anilines is 1. The molecule has 0 atom stereocenters. The van der Waals surface area contributed by atoms with Crippen molar-refractivity contribution in [2.75, 3.05) is 24.2 Å². The highest BCUT2D eigenvalue weighted by atomic mass is 32.2. The number of nitrogens with zero attached hydrogens (tertiary/aromatic N) is 1. The van der Waals surface area contributed by atoms with Crippen LogP contribution in [0.15, 0.2) is 42.5 Å². The highest BCUT2D eigenvalue weighted by Crippen LogP contribution is 2.29. The van der Waals surface area contributed by atoms with Crippen LogP contribution in [0.1, 0.15) is 27.9 Å². The molecular formula is C19H22N2O4S. The van der Waals surface area contributed by atoms with Gasteiger partial charge in [0.05, 0.1) is 19.1 Å². The zero-order valence-corrected chi connectivity index (χ0v) is 15.7. The summed E-state index contributed by atoms with van der Waals surface area (Å²) in [5, 5.41) is 2.89. The Morgan fingerprint density at radius 1 is 1.23 bits per heavy atom. The number of carbonyl (C=O) groups is 1. The zero-order valence-electron chi connectivity index (χ0n) is 14.9. The van der Waals surface area contributed by atoms with Gasteiger partial charge in [-0.15, -0.1) is 0 Å². The van der Waals surface area contributed by atoms with Gasteiger partial charge >= 0.3 is 0 Å². The first-order valence-corrected chi connectivity index (χ1v) is 10.2. The SMILES string of the molecule is COc1cccc(CNC(=O)c2ccc3c(c2)CCCN3S(C)(=O)=O)c1. The number of hydrogen-bond acceptors (Lipinski definition) is 4. The minimum Gasteiger partial charge on any atom is -0.497 e. The number of methoxy groups -OCH3 is 1. The Morgan fingerprint density at radius 3 is 2.77 bits per heavy atom. The molecule has 138 valence electrons. The number of aryl methyl sites for hydroxylation is 1. The number of carbonyl (C=O) groups excluding carboxylic acids is 1. The molecule has 1 aliphatic heterocycles. The Bertz CT molecular complexity index is 925. The quantitative estimate of drug-likeness (QED) is 0.872. The number of fused-ring (bicyclic) bond motifs is 1. The van der Waals surface area contributed by atoms with Gasteiger partial charge in [0.2, 0.25) is 10.0 Å². The van der Waals surface area contributed by atoms with Gasteiger partial charge in [0.25, 0.3) is 5.91 Å². The molecule has 3 rings (SSSR count). The Kier molecular flexibility index (Phi) is 5.18. The van der Waals surface area contributed by atoms with Gasteiger partial charge in [-0.2, -0.15) is 0 Å². The molecule has 0 saturated heterocycles. The number of ether oxygens (including phenoxy) is 1. The fourth-order valence-corrected chi connectivity index (χ4v) is 4.11. The normalized spacial score (nSPS) is 13.8. The van der Waals surface area contributed by atoms with Crippen LogP contribution in [0.2, 0.25) is 0 Å². The van der Waals surface area contributed by atoms with Crippen molar-refractivity contribution in [2.45, 2.75) is 19.4 Å². The van der Waals surface area contributed by atoms with E-state index in [1.165, 1.54) is 10.6 Å². The number of nitrogens with one attached hydrogen (secondary N) is 1. The fourth-order valence-electron chi connectivity index (χ4n) is 3.12. The van der Waals surface area contributed by atoms with Gasteiger partial charge in [-0.25, -0.2) is 8.42 Å². The summed E-state index contributed by atoms with van der Waals surface area (Å²) in [4.78, 5) is 12.5. The molecule has 1 N–H and O–H groups in total. The largest absolute Gasteiger partial charge is 0.497 e. The molecule has 0 fully saturated rings. The van der Waals surface area contributed by atoms with Crippen molar-refractivity contribution in [3.63, 3.8) is 0 Å². The Morgan fingerprint density at radius 2 is 2.04 bits per heavy atom. The third kappa shape index (κ3) is 3.99. The second-order valence-electron chi connectivity index (χ2n) is 6.32. The van der Waals surface area contributed by atoms with Crippen LogP contribution >= 0.6 is 0 Å². The van der Waals surface area contributed by atoms with Crippen LogP contribution in [0, 0.1) is 0 Å². The van der Waals surface area contributed by atoms with Crippen molar-refractivity contribution >= 4 is 21.6 Å². The van der Waals surface area contributed by atoms with Crippen LogP contribution < -0.4 is 14.4 Å². The van der Waals surface area contributed by atoms with Gasteiger partial charge in [0.15, 0.2) is 0 Å². The second kappa shape index (κ2) is 7.37. The predicted octanol–water partition coefficient (Wildman–Crippen LogP) is 2.34. The second-order valence-corrected chi connectivity index (χ2v) is 8.22. The van der Waals surface area contributed by atoms with Gasteiger partial charge in [0, 0.05) is 18.7 Å². The van der Waals surface area contributed by atoms with Crippen molar-refractivity contribution in [3.8, 4) is 5.75 Å². The lowest BCUT2D eigenvalue weighted by Crippen LogP contribution is -2.34. The molecule has 0 bridgehead atoms. The molecule has 0 aromatic heterocycles. The van der Waals surface area contributed by atoms with E-state index in [0.717, 1.165) is 29.7 Å². The molecule has 6 nitrogen and oxygen atoms in total. The van der Waals surface area contributed by atoms with Crippen molar-refractivity contribution < 1.29 is 17.9 Å². The smallest absolute Gasteiger partial charge is 0.251 e. The molecule has 0 saturated carbocycles. The summed E-state index contributed by atoms with van der Waals surface area (Å²) in [6, 6.07) is 12.7. The summed E-state index contributed by atoms with van der Waals surface area (Å²) in [6.45, 7) is 0.871. The molecule has 0 spiro atoms. The topological polar surface area (TPSA) is 75.7 Å². The molecule has 7 heteroatoms. The predicted molar refractivity (Wildman–Crippen MR) is 101 cm³/mol. The lowest BCUT2D eigenvalue weighted by Gasteiger charge is -2.29. The maximum atomic E-state index is 12.5. The molecule has 26 heavy (non-hydrogen) atoms. The van der Waals surface area contributed by atoms with E-state index >= 15 is 0 Å². The van der Waals surface area contributed by atoms with Crippen LogP contribution in [0.4, 0.5) is 5.69 Å². The standard InChI is InChI=1S/C19H22N2O4S/c1-25-17-7-3-5-14(11-17)13-20-19(22)16-8-9-18-15(12-16)6-4-10-21(18)26(2,23)24/h3,5,7-9,11-12H,4,6,10,13H2,1-2H3,(H,20,22). The number of rotatable bonds is 5. The van der Waals surface area contributed by atoms with E-state index in [4.69, 9.17) is 4.74 Å². The monoisotopic (exact) mass is 374 g/mol. The maximum Gasteiger partial charge on any atom is 0.251 e. The van der Waals surface area contributed by atoms with Gasteiger partial charge in [0.1, 0.15) is 5.75 Å². The summed E-state index contributed by atoms with van der Waals surface area (Å²) in [5.74, 6) is 0.554. The van der Waals surface area contributed by atoms with Crippen LogP contribution in [0.25, 0.3) is 0 Å². The van der Waals surface area contributed by atoms with Crippen LogP contribution in [0.3, 0.4) is 0 Å². The highest BCUT2D eigenvalue weighted by molar-refractivity contribution is 7.92. The molecule has 2 aromatic rings. The molecule has 2 aromatic carbocycles. The Hall–Kier alpha value is -2.54. The number of amides is 1. The Balaban J connectivity index is 1.74. The minimum atomic E-state index is -3.30. The van der Waals surface area contributed by atoms with E-state index in [2.05, 4.69) is 5.32 Å². The number of benzene rings is 2. The first kappa shape index (κ1) is 18.3. The lowest BCUT2D eigenvalue weighted by atomic mass is 10.0. The van der Waals surface area contributed by atoms with E-state index < -0.39 is 10.0 Å². The minimum absolute atomic E-state index is 0.188. The molecule has 0 aliphatic carbocycles. The van der Waals surface area contributed by atoms with Crippen LogP contribution in [0.5, 0.6) is 5.75 Å².